The molecule has 1 heterocycles. The van der Waals surface area contributed by atoms with Crippen molar-refractivity contribution in [2.75, 3.05) is 23.4 Å². The molecule has 0 aromatic heterocycles. The number of hydrogen-bond donors (Lipinski definition) is 1. The van der Waals surface area contributed by atoms with Gasteiger partial charge in [-0.25, -0.2) is 0 Å². The molecule has 6 nitrogen and oxygen atoms in total. The van der Waals surface area contributed by atoms with E-state index in [1.165, 1.54) is 4.90 Å². The Labute approximate surface area is 178 Å². The van der Waals surface area contributed by atoms with Gasteiger partial charge in [-0.3, -0.25) is 14.4 Å². The molecule has 4 rings (SSSR count). The Morgan fingerprint density at radius 3 is 2.57 bits per heavy atom. The van der Waals surface area contributed by atoms with Crippen LogP contribution in [0.4, 0.5) is 11.4 Å². The number of esters is 1. The number of amides is 2. The summed E-state index contributed by atoms with van der Waals surface area (Å²) in [6.07, 6.45) is 0.0480. The molecule has 30 heavy (non-hydrogen) atoms. The number of hydrogen-bond acceptors (Lipinski definition) is 4. The Balaban J connectivity index is 1.34. The quantitative estimate of drug-likeness (QED) is 0.630. The maximum absolute atomic E-state index is 12.4. The highest BCUT2D eigenvalue weighted by Gasteiger charge is 2.36. The van der Waals surface area contributed by atoms with Crippen LogP contribution in [0.1, 0.15) is 6.42 Å². The lowest BCUT2D eigenvalue weighted by molar-refractivity contribution is -0.151. The Kier molecular flexibility index (Phi) is 5.68. The number of benzene rings is 3. The molecule has 3 aromatic rings. The molecular formula is C23H19ClN2O4. The van der Waals surface area contributed by atoms with Crippen molar-refractivity contribution in [3.63, 3.8) is 0 Å². The highest BCUT2D eigenvalue weighted by Crippen LogP contribution is 2.27. The van der Waals surface area contributed by atoms with E-state index in [-0.39, 0.29) is 18.9 Å². The summed E-state index contributed by atoms with van der Waals surface area (Å²) in [5.74, 6) is -1.77. The summed E-state index contributed by atoms with van der Waals surface area (Å²) in [7, 11) is 0. The number of anilines is 2. The van der Waals surface area contributed by atoms with Gasteiger partial charge in [0.15, 0.2) is 6.61 Å². The number of carbonyl (C=O) groups excluding carboxylic acids is 3. The van der Waals surface area contributed by atoms with Crippen LogP contribution in [0.5, 0.6) is 0 Å². The molecule has 1 fully saturated rings. The summed E-state index contributed by atoms with van der Waals surface area (Å²) < 4.78 is 5.17. The van der Waals surface area contributed by atoms with Gasteiger partial charge in [0.1, 0.15) is 0 Å². The predicted molar refractivity (Wildman–Crippen MR) is 115 cm³/mol. The van der Waals surface area contributed by atoms with Gasteiger partial charge in [0.2, 0.25) is 5.91 Å². The summed E-state index contributed by atoms with van der Waals surface area (Å²) in [6, 6.07) is 20.1. The molecule has 2 amide bonds. The monoisotopic (exact) mass is 422 g/mol. The van der Waals surface area contributed by atoms with Crippen LogP contribution in [0.25, 0.3) is 10.8 Å². The van der Waals surface area contributed by atoms with E-state index in [2.05, 4.69) is 5.32 Å². The second-order valence-corrected chi connectivity index (χ2v) is 7.50. The lowest BCUT2D eigenvalue weighted by Gasteiger charge is -2.16. The summed E-state index contributed by atoms with van der Waals surface area (Å²) in [5, 5.41) is 5.24. The van der Waals surface area contributed by atoms with Gasteiger partial charge in [0.05, 0.1) is 5.92 Å². The van der Waals surface area contributed by atoms with E-state index >= 15 is 0 Å². The fourth-order valence-corrected chi connectivity index (χ4v) is 3.64. The number of fused-ring (bicyclic) bond motifs is 1. The minimum Gasteiger partial charge on any atom is -0.455 e. The number of halogens is 1. The molecule has 7 heteroatoms. The molecule has 1 aliphatic heterocycles. The normalized spacial score (nSPS) is 16.0. The zero-order chi connectivity index (χ0) is 21.1. The number of ether oxygens (including phenoxy) is 1. The van der Waals surface area contributed by atoms with E-state index in [0.29, 0.717) is 16.4 Å². The third-order valence-electron chi connectivity index (χ3n) is 5.01. The van der Waals surface area contributed by atoms with Gasteiger partial charge in [-0.2, -0.15) is 0 Å². The van der Waals surface area contributed by atoms with Gasteiger partial charge in [-0.15, -0.1) is 0 Å². The Bertz CT molecular complexity index is 1110. The van der Waals surface area contributed by atoms with Crippen molar-refractivity contribution in [3.8, 4) is 0 Å². The smallest absolute Gasteiger partial charge is 0.311 e. The van der Waals surface area contributed by atoms with Crippen LogP contribution in [-0.4, -0.2) is 30.9 Å². The molecule has 0 unspecified atom stereocenters. The van der Waals surface area contributed by atoms with Crippen molar-refractivity contribution >= 4 is 51.5 Å². The average Bonchev–Trinajstić information content (AvgIpc) is 3.14. The SMILES string of the molecule is O=C(COC(=O)[C@H]1CC(=O)N(c2ccc(Cl)cc2)C1)Nc1cccc2ccccc12. The van der Waals surface area contributed by atoms with Crippen LogP contribution < -0.4 is 10.2 Å². The van der Waals surface area contributed by atoms with Crippen molar-refractivity contribution in [2.45, 2.75) is 6.42 Å². The Hall–Kier alpha value is -3.38. The highest BCUT2D eigenvalue weighted by molar-refractivity contribution is 6.30. The van der Waals surface area contributed by atoms with Crippen LogP contribution in [0.2, 0.25) is 5.02 Å². The van der Waals surface area contributed by atoms with Crippen molar-refractivity contribution in [2.24, 2.45) is 5.92 Å². The molecule has 0 spiro atoms. The number of nitrogens with zero attached hydrogens (tertiary/aromatic N) is 1. The van der Waals surface area contributed by atoms with Crippen LogP contribution in [0.3, 0.4) is 0 Å². The first-order chi connectivity index (χ1) is 14.5. The van der Waals surface area contributed by atoms with Crippen molar-refractivity contribution in [1.82, 2.24) is 0 Å². The predicted octanol–water partition coefficient (Wildman–Crippen LogP) is 4.03. The summed E-state index contributed by atoms with van der Waals surface area (Å²) in [5.41, 5.74) is 1.33. The lowest BCUT2D eigenvalue weighted by Crippen LogP contribution is -2.28. The molecule has 0 radical (unpaired) electrons. The summed E-state index contributed by atoms with van der Waals surface area (Å²) in [4.78, 5) is 38.5. The Morgan fingerprint density at radius 1 is 1.03 bits per heavy atom. The lowest BCUT2D eigenvalue weighted by atomic mass is 10.1. The molecule has 152 valence electrons. The first kappa shape index (κ1) is 19.9. The van der Waals surface area contributed by atoms with Crippen LogP contribution in [0.15, 0.2) is 66.7 Å². The molecule has 1 saturated heterocycles. The van der Waals surface area contributed by atoms with Gasteiger partial charge in [0.25, 0.3) is 5.91 Å². The van der Waals surface area contributed by atoms with Crippen molar-refractivity contribution in [3.05, 3.63) is 71.8 Å². The third kappa shape index (κ3) is 4.28. The minimum absolute atomic E-state index is 0.0480. The van der Waals surface area contributed by atoms with E-state index < -0.39 is 24.4 Å². The summed E-state index contributed by atoms with van der Waals surface area (Å²) in [6.45, 7) is -0.196. The molecule has 0 bridgehead atoms. The second-order valence-electron chi connectivity index (χ2n) is 7.06. The van der Waals surface area contributed by atoms with E-state index in [0.717, 1.165) is 10.8 Å². The fraction of sp³-hybridized carbons (Fsp3) is 0.174. The molecule has 1 atom stereocenters. The van der Waals surface area contributed by atoms with Crippen molar-refractivity contribution < 1.29 is 19.1 Å². The first-order valence-corrected chi connectivity index (χ1v) is 9.89. The summed E-state index contributed by atoms with van der Waals surface area (Å²) >= 11 is 5.88. The van der Waals surface area contributed by atoms with Gasteiger partial charge < -0.3 is 15.0 Å². The maximum atomic E-state index is 12.4. The van der Waals surface area contributed by atoms with E-state index in [1.807, 2.05) is 36.4 Å². The Morgan fingerprint density at radius 2 is 1.77 bits per heavy atom. The van der Waals surface area contributed by atoms with E-state index in [1.54, 1.807) is 30.3 Å². The van der Waals surface area contributed by atoms with Crippen LogP contribution >= 0.6 is 11.6 Å². The maximum Gasteiger partial charge on any atom is 0.311 e. The standard InChI is InChI=1S/C23H19ClN2O4/c24-17-8-10-18(11-9-17)26-13-16(12-22(26)28)23(29)30-14-21(27)25-20-7-3-5-15-4-1-2-6-19(15)20/h1-11,16H,12-14H2,(H,25,27)/t16-/m0/s1. The van der Waals surface area contributed by atoms with Crippen molar-refractivity contribution in [1.29, 1.82) is 0 Å². The largest absolute Gasteiger partial charge is 0.455 e. The topological polar surface area (TPSA) is 75.7 Å². The first-order valence-electron chi connectivity index (χ1n) is 9.51. The fourth-order valence-electron chi connectivity index (χ4n) is 3.51. The third-order valence-corrected chi connectivity index (χ3v) is 5.26. The number of carbonyl (C=O) groups is 3. The molecule has 0 saturated carbocycles. The number of rotatable bonds is 5. The average molecular weight is 423 g/mol. The molecule has 0 aliphatic carbocycles. The second kappa shape index (κ2) is 8.55. The molecule has 1 N–H and O–H groups in total. The van der Waals surface area contributed by atoms with Gasteiger partial charge in [0, 0.05) is 34.7 Å². The molecule has 1 aliphatic rings. The van der Waals surface area contributed by atoms with Crippen LogP contribution in [0, 0.1) is 5.92 Å². The molecular weight excluding hydrogens is 404 g/mol. The zero-order valence-electron chi connectivity index (χ0n) is 16.0. The highest BCUT2D eigenvalue weighted by atomic mass is 35.5. The van der Waals surface area contributed by atoms with Gasteiger partial charge in [-0.1, -0.05) is 48.0 Å². The minimum atomic E-state index is -0.612. The zero-order valence-corrected chi connectivity index (χ0v) is 16.8. The molecule has 3 aromatic carbocycles. The van der Waals surface area contributed by atoms with Gasteiger partial charge in [-0.05, 0) is 35.7 Å². The van der Waals surface area contributed by atoms with E-state index in [4.69, 9.17) is 16.3 Å². The van der Waals surface area contributed by atoms with E-state index in [9.17, 15) is 14.4 Å². The number of nitrogens with one attached hydrogen (secondary N) is 1. The van der Waals surface area contributed by atoms with Gasteiger partial charge >= 0.3 is 5.97 Å². The van der Waals surface area contributed by atoms with Crippen LogP contribution in [-0.2, 0) is 19.1 Å².